The third-order valence-electron chi connectivity index (χ3n) is 3.06. The molecule has 1 aromatic heterocycles. The molecule has 0 unspecified atom stereocenters. The van der Waals surface area contributed by atoms with E-state index in [1.54, 1.807) is 18.1 Å². The van der Waals surface area contributed by atoms with Crippen molar-refractivity contribution in [3.05, 3.63) is 52.6 Å². The molecule has 0 saturated carbocycles. The maximum atomic E-state index is 12.3. The molecule has 0 saturated heterocycles. The Kier molecular flexibility index (Phi) is 4.74. The first-order valence-corrected chi connectivity index (χ1v) is 7.05. The fraction of sp³-hybridized carbons (Fsp3) is 0.200. The van der Waals surface area contributed by atoms with E-state index in [4.69, 9.17) is 0 Å². The molecule has 0 fully saturated rings. The quantitative estimate of drug-likeness (QED) is 0.935. The summed E-state index contributed by atoms with van der Waals surface area (Å²) in [5.41, 5.74) is 1.75. The Labute approximate surface area is 127 Å². The Balaban J connectivity index is 2.10. The molecule has 1 heterocycles. The normalized spacial score (nSPS) is 10.2. The summed E-state index contributed by atoms with van der Waals surface area (Å²) >= 11 is 3.46. The van der Waals surface area contributed by atoms with Gasteiger partial charge in [0, 0.05) is 18.6 Å². The molecule has 2 aromatic rings. The van der Waals surface area contributed by atoms with E-state index < -0.39 is 0 Å². The van der Waals surface area contributed by atoms with E-state index in [0.717, 1.165) is 21.5 Å². The number of likely N-dealkylation sites (N-methyl/N-ethyl adjacent to an activating group) is 1. The SMILES string of the molecule is CNc1ccc(N(C)C(=O)Cc2ccccc2Br)cn1. The number of hydrogen-bond acceptors (Lipinski definition) is 3. The van der Waals surface area contributed by atoms with Crippen LogP contribution in [0.15, 0.2) is 47.1 Å². The number of amides is 1. The number of carbonyl (C=O) groups excluding carboxylic acids is 1. The number of aromatic nitrogens is 1. The summed E-state index contributed by atoms with van der Waals surface area (Å²) in [5.74, 6) is 0.802. The lowest BCUT2D eigenvalue weighted by molar-refractivity contribution is -0.117. The molecular weight excluding hydrogens is 318 g/mol. The third-order valence-corrected chi connectivity index (χ3v) is 3.84. The minimum atomic E-state index is 0.0240. The zero-order valence-corrected chi connectivity index (χ0v) is 13.0. The lowest BCUT2D eigenvalue weighted by atomic mass is 10.1. The number of nitrogens with one attached hydrogen (secondary N) is 1. The predicted molar refractivity (Wildman–Crippen MR) is 85.0 cm³/mol. The number of benzene rings is 1. The second-order valence-corrected chi connectivity index (χ2v) is 5.23. The smallest absolute Gasteiger partial charge is 0.231 e. The van der Waals surface area contributed by atoms with Gasteiger partial charge in [-0.05, 0) is 23.8 Å². The van der Waals surface area contributed by atoms with Crippen LogP contribution >= 0.6 is 15.9 Å². The largest absolute Gasteiger partial charge is 0.373 e. The van der Waals surface area contributed by atoms with Crippen molar-refractivity contribution in [1.29, 1.82) is 0 Å². The zero-order valence-electron chi connectivity index (χ0n) is 11.4. The number of pyridine rings is 1. The van der Waals surface area contributed by atoms with Crippen LogP contribution in [0.5, 0.6) is 0 Å². The van der Waals surface area contributed by atoms with Crippen LogP contribution in [0, 0.1) is 0 Å². The molecule has 0 aliphatic heterocycles. The number of carbonyl (C=O) groups is 1. The second kappa shape index (κ2) is 6.52. The van der Waals surface area contributed by atoms with Crippen LogP contribution in [-0.2, 0) is 11.2 Å². The number of halogens is 1. The fourth-order valence-electron chi connectivity index (χ4n) is 1.80. The van der Waals surface area contributed by atoms with Crippen LogP contribution in [0.2, 0.25) is 0 Å². The molecular formula is C15H16BrN3O. The standard InChI is InChI=1S/C15H16BrN3O/c1-17-14-8-7-12(10-18-14)19(2)15(20)9-11-5-3-4-6-13(11)16/h3-8,10H,9H2,1-2H3,(H,17,18). The van der Waals surface area contributed by atoms with E-state index >= 15 is 0 Å². The topological polar surface area (TPSA) is 45.2 Å². The first-order chi connectivity index (χ1) is 9.61. The van der Waals surface area contributed by atoms with Crippen LogP contribution in [0.4, 0.5) is 11.5 Å². The maximum absolute atomic E-state index is 12.3. The van der Waals surface area contributed by atoms with E-state index in [1.165, 1.54) is 0 Å². The Morgan fingerprint density at radius 1 is 1.30 bits per heavy atom. The Morgan fingerprint density at radius 3 is 2.65 bits per heavy atom. The Hall–Kier alpha value is -1.88. The molecule has 4 nitrogen and oxygen atoms in total. The highest BCUT2D eigenvalue weighted by Crippen LogP contribution is 2.19. The lowest BCUT2D eigenvalue weighted by Crippen LogP contribution is -2.28. The summed E-state index contributed by atoms with van der Waals surface area (Å²) in [4.78, 5) is 18.1. The van der Waals surface area contributed by atoms with E-state index in [9.17, 15) is 4.79 Å². The van der Waals surface area contributed by atoms with Crippen molar-refractivity contribution in [1.82, 2.24) is 4.98 Å². The van der Waals surface area contributed by atoms with Gasteiger partial charge < -0.3 is 10.2 Å². The minimum Gasteiger partial charge on any atom is -0.373 e. The van der Waals surface area contributed by atoms with Crippen molar-refractivity contribution in [2.75, 3.05) is 24.3 Å². The number of hydrogen-bond donors (Lipinski definition) is 1. The maximum Gasteiger partial charge on any atom is 0.231 e. The van der Waals surface area contributed by atoms with Crippen LogP contribution < -0.4 is 10.2 Å². The molecule has 2 rings (SSSR count). The van der Waals surface area contributed by atoms with E-state index in [-0.39, 0.29) is 5.91 Å². The van der Waals surface area contributed by atoms with Gasteiger partial charge in [0.05, 0.1) is 18.3 Å². The highest BCUT2D eigenvalue weighted by molar-refractivity contribution is 9.10. The third kappa shape index (κ3) is 3.36. The zero-order chi connectivity index (χ0) is 14.5. The molecule has 20 heavy (non-hydrogen) atoms. The van der Waals surface area contributed by atoms with Crippen molar-refractivity contribution in [2.45, 2.75) is 6.42 Å². The van der Waals surface area contributed by atoms with Crippen molar-refractivity contribution < 1.29 is 4.79 Å². The summed E-state index contributed by atoms with van der Waals surface area (Å²) in [6, 6.07) is 11.5. The first-order valence-electron chi connectivity index (χ1n) is 6.25. The molecule has 0 aliphatic rings. The van der Waals surface area contributed by atoms with Crippen LogP contribution in [0.25, 0.3) is 0 Å². The molecule has 104 valence electrons. The average Bonchev–Trinajstić information content (AvgIpc) is 2.49. The Morgan fingerprint density at radius 2 is 2.05 bits per heavy atom. The van der Waals surface area contributed by atoms with Gasteiger partial charge in [-0.15, -0.1) is 0 Å². The van der Waals surface area contributed by atoms with Crippen molar-refractivity contribution >= 4 is 33.3 Å². The number of rotatable bonds is 4. The van der Waals surface area contributed by atoms with E-state index in [1.807, 2.05) is 43.4 Å². The van der Waals surface area contributed by atoms with Gasteiger partial charge in [-0.2, -0.15) is 0 Å². The van der Waals surface area contributed by atoms with Crippen molar-refractivity contribution in [3.8, 4) is 0 Å². The monoisotopic (exact) mass is 333 g/mol. The summed E-state index contributed by atoms with van der Waals surface area (Å²) in [6.07, 6.45) is 2.04. The molecule has 1 N–H and O–H groups in total. The van der Waals surface area contributed by atoms with Crippen LogP contribution in [-0.4, -0.2) is 25.0 Å². The first kappa shape index (κ1) is 14.5. The van der Waals surface area contributed by atoms with E-state index in [2.05, 4.69) is 26.2 Å². The number of nitrogens with zero attached hydrogens (tertiary/aromatic N) is 2. The Bertz CT molecular complexity index is 598. The van der Waals surface area contributed by atoms with Gasteiger partial charge in [0.2, 0.25) is 5.91 Å². The van der Waals surface area contributed by atoms with Crippen LogP contribution in [0.3, 0.4) is 0 Å². The average molecular weight is 334 g/mol. The van der Waals surface area contributed by atoms with Crippen molar-refractivity contribution in [2.24, 2.45) is 0 Å². The van der Waals surface area contributed by atoms with Gasteiger partial charge in [0.25, 0.3) is 0 Å². The molecule has 1 amide bonds. The van der Waals surface area contributed by atoms with Gasteiger partial charge in [-0.1, -0.05) is 34.1 Å². The molecule has 0 atom stereocenters. The molecule has 1 aromatic carbocycles. The molecule has 0 bridgehead atoms. The predicted octanol–water partition coefficient (Wildman–Crippen LogP) is 3.09. The lowest BCUT2D eigenvalue weighted by Gasteiger charge is -2.17. The molecule has 0 spiro atoms. The summed E-state index contributed by atoms with van der Waals surface area (Å²) < 4.78 is 0.949. The van der Waals surface area contributed by atoms with Crippen LogP contribution in [0.1, 0.15) is 5.56 Å². The molecule has 5 heteroatoms. The van der Waals surface area contributed by atoms with Gasteiger partial charge >= 0.3 is 0 Å². The van der Waals surface area contributed by atoms with Gasteiger partial charge in [0.15, 0.2) is 0 Å². The van der Waals surface area contributed by atoms with E-state index in [0.29, 0.717) is 6.42 Å². The van der Waals surface area contributed by atoms with Gasteiger partial charge in [-0.3, -0.25) is 4.79 Å². The van der Waals surface area contributed by atoms with Gasteiger partial charge in [0.1, 0.15) is 5.82 Å². The highest BCUT2D eigenvalue weighted by atomic mass is 79.9. The summed E-state index contributed by atoms with van der Waals surface area (Å²) in [7, 11) is 3.57. The van der Waals surface area contributed by atoms with Gasteiger partial charge in [-0.25, -0.2) is 4.98 Å². The molecule has 0 radical (unpaired) electrons. The molecule has 0 aliphatic carbocycles. The summed E-state index contributed by atoms with van der Waals surface area (Å²) in [5, 5.41) is 2.95. The fourth-order valence-corrected chi connectivity index (χ4v) is 2.22. The summed E-state index contributed by atoms with van der Waals surface area (Å²) in [6.45, 7) is 0. The number of anilines is 2. The second-order valence-electron chi connectivity index (χ2n) is 4.37. The highest BCUT2D eigenvalue weighted by Gasteiger charge is 2.13. The minimum absolute atomic E-state index is 0.0240. The van der Waals surface area contributed by atoms with Crippen molar-refractivity contribution in [3.63, 3.8) is 0 Å².